The average molecular weight is 402 g/mol. The van der Waals surface area contributed by atoms with Gasteiger partial charge >= 0.3 is 5.63 Å². The van der Waals surface area contributed by atoms with Gasteiger partial charge in [0.25, 0.3) is 0 Å². The van der Waals surface area contributed by atoms with Crippen LogP contribution in [0.4, 0.5) is 0 Å². The maximum atomic E-state index is 12.5. The number of hydrogen-bond donors (Lipinski definition) is 3. The molecule has 2 amide bonds. The number of ether oxygens (including phenoxy) is 1. The second kappa shape index (κ2) is 9.56. The summed E-state index contributed by atoms with van der Waals surface area (Å²) < 4.78 is 10.3. The predicted molar refractivity (Wildman–Crippen MR) is 107 cm³/mol. The fraction of sp³-hybridized carbons (Fsp3) is 0.476. The van der Waals surface area contributed by atoms with Crippen molar-refractivity contribution in [2.75, 3.05) is 13.7 Å². The molecule has 0 saturated heterocycles. The molecule has 0 spiro atoms. The van der Waals surface area contributed by atoms with Crippen LogP contribution in [0, 0.1) is 0 Å². The van der Waals surface area contributed by atoms with Crippen molar-refractivity contribution in [2.24, 2.45) is 0 Å². The molecule has 29 heavy (non-hydrogen) atoms. The lowest BCUT2D eigenvalue weighted by Crippen LogP contribution is -2.52. The van der Waals surface area contributed by atoms with Gasteiger partial charge in [0, 0.05) is 23.6 Å². The van der Waals surface area contributed by atoms with E-state index in [2.05, 4.69) is 10.6 Å². The van der Waals surface area contributed by atoms with Crippen molar-refractivity contribution >= 4 is 22.8 Å². The fourth-order valence-electron chi connectivity index (χ4n) is 3.64. The monoisotopic (exact) mass is 402 g/mol. The van der Waals surface area contributed by atoms with Crippen molar-refractivity contribution in [2.45, 2.75) is 50.6 Å². The molecule has 1 aromatic heterocycles. The summed E-state index contributed by atoms with van der Waals surface area (Å²) in [6.07, 6.45) is 4.99. The van der Waals surface area contributed by atoms with Crippen molar-refractivity contribution in [3.05, 3.63) is 40.2 Å². The molecule has 1 atom stereocenters. The van der Waals surface area contributed by atoms with Crippen LogP contribution in [0.15, 0.2) is 33.5 Å². The molecule has 1 saturated carbocycles. The first-order valence-electron chi connectivity index (χ1n) is 9.81. The lowest BCUT2D eigenvalue weighted by Gasteiger charge is -2.25. The number of methoxy groups -OCH3 is 1. The molecule has 0 unspecified atom stereocenters. The summed E-state index contributed by atoms with van der Waals surface area (Å²) in [5, 5.41) is 15.6. The quantitative estimate of drug-likeness (QED) is 0.601. The highest BCUT2D eigenvalue weighted by Crippen LogP contribution is 2.23. The highest BCUT2D eigenvalue weighted by Gasteiger charge is 2.24. The summed E-state index contributed by atoms with van der Waals surface area (Å²) in [7, 11) is 1.50. The van der Waals surface area contributed by atoms with Crippen LogP contribution in [0.25, 0.3) is 11.0 Å². The molecular weight excluding hydrogens is 376 g/mol. The Hall–Kier alpha value is -2.87. The van der Waals surface area contributed by atoms with Gasteiger partial charge in [0.05, 0.1) is 20.1 Å². The van der Waals surface area contributed by atoms with E-state index >= 15 is 0 Å². The number of fused-ring (bicyclic) bond motifs is 1. The molecule has 1 aliphatic rings. The van der Waals surface area contributed by atoms with E-state index in [-0.39, 0.29) is 12.5 Å². The van der Waals surface area contributed by atoms with Crippen LogP contribution < -0.4 is 21.0 Å². The van der Waals surface area contributed by atoms with E-state index in [1.807, 2.05) is 0 Å². The van der Waals surface area contributed by atoms with Crippen molar-refractivity contribution in [1.82, 2.24) is 10.6 Å². The van der Waals surface area contributed by atoms with Crippen molar-refractivity contribution < 1.29 is 23.8 Å². The van der Waals surface area contributed by atoms with Crippen LogP contribution in [-0.4, -0.2) is 42.7 Å². The van der Waals surface area contributed by atoms with E-state index in [0.29, 0.717) is 22.3 Å². The molecule has 1 aliphatic carbocycles. The van der Waals surface area contributed by atoms with Crippen LogP contribution in [0.3, 0.4) is 0 Å². The first-order valence-corrected chi connectivity index (χ1v) is 9.81. The molecule has 1 aromatic carbocycles. The molecule has 1 fully saturated rings. The minimum atomic E-state index is -1.03. The van der Waals surface area contributed by atoms with Crippen LogP contribution in [0.2, 0.25) is 0 Å². The van der Waals surface area contributed by atoms with Gasteiger partial charge in [-0.05, 0) is 30.5 Å². The van der Waals surface area contributed by atoms with Crippen LogP contribution >= 0.6 is 0 Å². The summed E-state index contributed by atoms with van der Waals surface area (Å²) in [5.41, 5.74) is 0.205. The Morgan fingerprint density at radius 1 is 1.24 bits per heavy atom. The summed E-state index contributed by atoms with van der Waals surface area (Å²) in [6, 6.07) is 5.30. The third-order valence-corrected chi connectivity index (χ3v) is 5.17. The second-order valence-corrected chi connectivity index (χ2v) is 7.28. The summed E-state index contributed by atoms with van der Waals surface area (Å²) in [5.74, 6) is -0.331. The number of amides is 2. The van der Waals surface area contributed by atoms with E-state index in [0.717, 1.165) is 32.1 Å². The topological polar surface area (TPSA) is 118 Å². The highest BCUT2D eigenvalue weighted by molar-refractivity contribution is 5.91. The highest BCUT2D eigenvalue weighted by atomic mass is 16.5. The van der Waals surface area contributed by atoms with Gasteiger partial charge < -0.3 is 24.9 Å². The Bertz CT molecular complexity index is 932. The van der Waals surface area contributed by atoms with Crippen LogP contribution in [0.1, 0.15) is 37.7 Å². The van der Waals surface area contributed by atoms with E-state index < -0.39 is 30.1 Å². The van der Waals surface area contributed by atoms with E-state index in [9.17, 15) is 19.5 Å². The largest absolute Gasteiger partial charge is 0.497 e. The van der Waals surface area contributed by atoms with E-state index in [1.165, 1.54) is 13.2 Å². The molecule has 3 N–H and O–H groups in total. The Morgan fingerprint density at radius 2 is 2.00 bits per heavy atom. The molecule has 0 radical (unpaired) electrons. The van der Waals surface area contributed by atoms with Gasteiger partial charge in [0.15, 0.2) is 0 Å². The minimum absolute atomic E-state index is 0.0832. The van der Waals surface area contributed by atoms with Gasteiger partial charge in [-0.2, -0.15) is 0 Å². The molecule has 2 aromatic rings. The number of aliphatic hydroxyl groups is 1. The second-order valence-electron chi connectivity index (χ2n) is 7.28. The first-order chi connectivity index (χ1) is 14.0. The SMILES string of the molecule is COc1ccc2c(CC(=O)N[C@@H](CO)C(=O)NC3CCCCC3)cc(=O)oc2c1. The van der Waals surface area contributed by atoms with Crippen molar-refractivity contribution in [3.8, 4) is 5.75 Å². The third-order valence-electron chi connectivity index (χ3n) is 5.17. The summed E-state index contributed by atoms with van der Waals surface area (Å²) in [6.45, 7) is -0.501. The van der Waals surface area contributed by atoms with E-state index in [1.54, 1.807) is 18.2 Å². The van der Waals surface area contributed by atoms with Gasteiger partial charge in [-0.1, -0.05) is 19.3 Å². The van der Waals surface area contributed by atoms with Crippen LogP contribution in [0.5, 0.6) is 5.75 Å². The zero-order valence-electron chi connectivity index (χ0n) is 16.4. The number of carbonyl (C=O) groups is 2. The number of benzene rings is 1. The molecule has 0 bridgehead atoms. The van der Waals surface area contributed by atoms with Gasteiger partial charge in [0.2, 0.25) is 11.8 Å². The number of nitrogens with one attached hydrogen (secondary N) is 2. The zero-order chi connectivity index (χ0) is 20.8. The lowest BCUT2D eigenvalue weighted by molar-refractivity contribution is -0.130. The van der Waals surface area contributed by atoms with E-state index in [4.69, 9.17) is 9.15 Å². The number of hydrogen-bond acceptors (Lipinski definition) is 6. The third kappa shape index (κ3) is 5.35. The van der Waals surface area contributed by atoms with Crippen molar-refractivity contribution in [3.63, 3.8) is 0 Å². The lowest BCUT2D eigenvalue weighted by atomic mass is 9.95. The molecule has 156 valence electrons. The predicted octanol–water partition coefficient (Wildman–Crippen LogP) is 1.27. The van der Waals surface area contributed by atoms with Gasteiger partial charge in [-0.15, -0.1) is 0 Å². The normalized spacial score (nSPS) is 15.7. The first kappa shape index (κ1) is 20.9. The van der Waals surface area contributed by atoms with Gasteiger partial charge in [0.1, 0.15) is 17.4 Å². The maximum absolute atomic E-state index is 12.5. The number of carbonyl (C=O) groups excluding carboxylic acids is 2. The Kier molecular flexibility index (Phi) is 6.87. The molecular formula is C21H26N2O6. The number of aliphatic hydroxyl groups excluding tert-OH is 1. The standard InChI is InChI=1S/C21H26N2O6/c1-28-15-7-8-16-13(10-20(26)29-18(16)11-15)9-19(25)23-17(12-24)21(27)22-14-5-3-2-4-6-14/h7-8,10-11,14,17,24H,2-6,9,12H2,1H3,(H,22,27)(H,23,25)/t17-/m0/s1. The number of rotatable bonds is 7. The molecule has 1 heterocycles. The average Bonchev–Trinajstić information content (AvgIpc) is 2.72. The molecule has 8 nitrogen and oxygen atoms in total. The summed E-state index contributed by atoms with van der Waals surface area (Å²) in [4.78, 5) is 36.7. The maximum Gasteiger partial charge on any atom is 0.336 e. The molecule has 8 heteroatoms. The molecule has 3 rings (SSSR count). The molecule has 0 aliphatic heterocycles. The van der Waals surface area contributed by atoms with Gasteiger partial charge in [-0.3, -0.25) is 9.59 Å². The smallest absolute Gasteiger partial charge is 0.336 e. The Balaban J connectivity index is 1.68. The van der Waals surface area contributed by atoms with Gasteiger partial charge in [-0.25, -0.2) is 4.79 Å². The Morgan fingerprint density at radius 3 is 2.69 bits per heavy atom. The Labute approximate surface area is 168 Å². The van der Waals surface area contributed by atoms with Crippen molar-refractivity contribution in [1.29, 1.82) is 0 Å². The fourth-order valence-corrected chi connectivity index (χ4v) is 3.64. The zero-order valence-corrected chi connectivity index (χ0v) is 16.4. The van der Waals surface area contributed by atoms with Crippen LogP contribution in [-0.2, 0) is 16.0 Å². The minimum Gasteiger partial charge on any atom is -0.497 e. The summed E-state index contributed by atoms with van der Waals surface area (Å²) >= 11 is 0.